The highest BCUT2D eigenvalue weighted by atomic mass is 16.5. The molecule has 7 nitrogen and oxygen atoms in total. The Morgan fingerprint density at radius 3 is 2.71 bits per heavy atom. The van der Waals surface area contributed by atoms with Crippen LogP contribution in [0.3, 0.4) is 0 Å². The SMILES string of the molecule is Cc1cnc(CN2CCc3ncnc(N4CCOCC4)c3C2)cn1. The van der Waals surface area contributed by atoms with Crippen LogP contribution in [0.1, 0.15) is 22.6 Å². The van der Waals surface area contributed by atoms with Crippen molar-refractivity contribution in [3.8, 4) is 0 Å². The third-order valence-electron chi connectivity index (χ3n) is 4.59. The predicted molar refractivity (Wildman–Crippen MR) is 89.7 cm³/mol. The van der Waals surface area contributed by atoms with Crippen LogP contribution >= 0.6 is 0 Å². The van der Waals surface area contributed by atoms with Gasteiger partial charge in [-0.1, -0.05) is 0 Å². The van der Waals surface area contributed by atoms with Crippen molar-refractivity contribution in [2.45, 2.75) is 26.4 Å². The molecule has 7 heteroatoms. The topological polar surface area (TPSA) is 67.3 Å². The first-order valence-electron chi connectivity index (χ1n) is 8.45. The molecule has 0 aromatic carbocycles. The lowest BCUT2D eigenvalue weighted by Crippen LogP contribution is -2.39. The number of aryl methyl sites for hydroxylation is 1. The molecule has 0 aliphatic carbocycles. The molecule has 2 aliphatic heterocycles. The van der Waals surface area contributed by atoms with E-state index in [1.807, 2.05) is 19.3 Å². The average Bonchev–Trinajstić information content (AvgIpc) is 2.64. The highest BCUT2D eigenvalue weighted by molar-refractivity contribution is 5.49. The van der Waals surface area contributed by atoms with Crippen molar-refractivity contribution in [3.63, 3.8) is 0 Å². The Morgan fingerprint density at radius 2 is 1.92 bits per heavy atom. The summed E-state index contributed by atoms with van der Waals surface area (Å²) < 4.78 is 5.46. The molecule has 2 aliphatic rings. The monoisotopic (exact) mass is 326 g/mol. The maximum atomic E-state index is 5.46. The standard InChI is InChI=1S/C17H22N6O/c1-13-8-19-14(9-18-13)10-22-3-2-16-15(11-22)17(21-12-20-16)23-4-6-24-7-5-23/h8-9,12H,2-7,10-11H2,1H3. The zero-order valence-electron chi connectivity index (χ0n) is 14.0. The number of ether oxygens (including phenoxy) is 1. The largest absolute Gasteiger partial charge is 0.378 e. The Labute approximate surface area is 141 Å². The second-order valence-corrected chi connectivity index (χ2v) is 6.33. The average molecular weight is 326 g/mol. The summed E-state index contributed by atoms with van der Waals surface area (Å²) in [6.07, 6.45) is 6.35. The zero-order chi connectivity index (χ0) is 16.4. The number of aromatic nitrogens is 4. The van der Waals surface area contributed by atoms with E-state index in [1.165, 1.54) is 11.3 Å². The third-order valence-corrected chi connectivity index (χ3v) is 4.59. The molecule has 0 unspecified atom stereocenters. The molecule has 2 aromatic heterocycles. The fourth-order valence-electron chi connectivity index (χ4n) is 3.29. The molecule has 24 heavy (non-hydrogen) atoms. The van der Waals surface area contributed by atoms with E-state index < -0.39 is 0 Å². The first-order valence-corrected chi connectivity index (χ1v) is 8.45. The molecular weight excluding hydrogens is 304 g/mol. The van der Waals surface area contributed by atoms with Gasteiger partial charge in [0.1, 0.15) is 12.1 Å². The smallest absolute Gasteiger partial charge is 0.136 e. The van der Waals surface area contributed by atoms with Crippen LogP contribution in [-0.2, 0) is 24.2 Å². The molecule has 0 saturated carbocycles. The molecule has 0 amide bonds. The number of fused-ring (bicyclic) bond motifs is 1. The van der Waals surface area contributed by atoms with E-state index >= 15 is 0 Å². The van der Waals surface area contributed by atoms with Gasteiger partial charge in [-0.3, -0.25) is 14.9 Å². The van der Waals surface area contributed by atoms with Crippen LogP contribution in [0.25, 0.3) is 0 Å². The summed E-state index contributed by atoms with van der Waals surface area (Å²) in [5, 5.41) is 0. The number of nitrogens with zero attached hydrogens (tertiary/aromatic N) is 6. The van der Waals surface area contributed by atoms with E-state index in [0.29, 0.717) is 0 Å². The van der Waals surface area contributed by atoms with E-state index in [4.69, 9.17) is 4.74 Å². The number of rotatable bonds is 3. The van der Waals surface area contributed by atoms with E-state index in [9.17, 15) is 0 Å². The van der Waals surface area contributed by atoms with Crippen LogP contribution in [0.15, 0.2) is 18.7 Å². The normalized spacial score (nSPS) is 18.5. The maximum absolute atomic E-state index is 5.46. The summed E-state index contributed by atoms with van der Waals surface area (Å²) in [5.74, 6) is 1.07. The summed E-state index contributed by atoms with van der Waals surface area (Å²) in [6, 6.07) is 0. The van der Waals surface area contributed by atoms with Crippen molar-refractivity contribution in [1.82, 2.24) is 24.8 Å². The highest BCUT2D eigenvalue weighted by Crippen LogP contribution is 2.26. The molecule has 0 bridgehead atoms. The lowest BCUT2D eigenvalue weighted by molar-refractivity contribution is 0.122. The molecule has 4 rings (SSSR count). The van der Waals surface area contributed by atoms with Gasteiger partial charge in [0.05, 0.1) is 30.3 Å². The second kappa shape index (κ2) is 6.78. The van der Waals surface area contributed by atoms with E-state index in [1.54, 1.807) is 6.33 Å². The molecule has 2 aromatic rings. The minimum Gasteiger partial charge on any atom is -0.378 e. The summed E-state index contributed by atoms with van der Waals surface area (Å²) >= 11 is 0. The fourth-order valence-corrected chi connectivity index (χ4v) is 3.29. The Bertz CT molecular complexity index is 699. The third kappa shape index (κ3) is 3.22. The molecule has 1 saturated heterocycles. The molecule has 1 fully saturated rings. The number of hydrogen-bond donors (Lipinski definition) is 0. The summed E-state index contributed by atoms with van der Waals surface area (Å²) in [6.45, 7) is 7.94. The van der Waals surface area contributed by atoms with Gasteiger partial charge in [0.2, 0.25) is 0 Å². The quantitative estimate of drug-likeness (QED) is 0.832. The molecule has 0 spiro atoms. The van der Waals surface area contributed by atoms with Crippen LogP contribution < -0.4 is 4.90 Å². The van der Waals surface area contributed by atoms with Crippen LogP contribution in [0.4, 0.5) is 5.82 Å². The summed E-state index contributed by atoms with van der Waals surface area (Å²) in [5.41, 5.74) is 4.39. The summed E-state index contributed by atoms with van der Waals surface area (Å²) in [4.78, 5) is 22.6. The van der Waals surface area contributed by atoms with Gasteiger partial charge in [-0.25, -0.2) is 9.97 Å². The number of hydrogen-bond acceptors (Lipinski definition) is 7. The summed E-state index contributed by atoms with van der Waals surface area (Å²) in [7, 11) is 0. The minimum absolute atomic E-state index is 0.765. The van der Waals surface area contributed by atoms with Gasteiger partial charge in [0.25, 0.3) is 0 Å². The van der Waals surface area contributed by atoms with E-state index in [-0.39, 0.29) is 0 Å². The molecule has 0 N–H and O–H groups in total. The van der Waals surface area contributed by atoms with Gasteiger partial charge in [0.15, 0.2) is 0 Å². The first kappa shape index (κ1) is 15.4. The predicted octanol–water partition coefficient (Wildman–Crippen LogP) is 0.970. The van der Waals surface area contributed by atoms with Crippen LogP contribution in [-0.4, -0.2) is 57.7 Å². The maximum Gasteiger partial charge on any atom is 0.136 e. The van der Waals surface area contributed by atoms with E-state index in [0.717, 1.165) is 69.6 Å². The van der Waals surface area contributed by atoms with Gasteiger partial charge in [-0.2, -0.15) is 0 Å². The van der Waals surface area contributed by atoms with Crippen molar-refractivity contribution in [2.24, 2.45) is 0 Å². The van der Waals surface area contributed by atoms with Crippen molar-refractivity contribution in [2.75, 3.05) is 37.7 Å². The Hall–Kier alpha value is -2.12. The molecular formula is C17H22N6O. The van der Waals surface area contributed by atoms with Crippen molar-refractivity contribution < 1.29 is 4.74 Å². The lowest BCUT2D eigenvalue weighted by Gasteiger charge is -2.33. The molecule has 0 radical (unpaired) electrons. The second-order valence-electron chi connectivity index (χ2n) is 6.33. The Balaban J connectivity index is 1.53. The number of morpholine rings is 1. The van der Waals surface area contributed by atoms with Gasteiger partial charge in [0, 0.05) is 57.1 Å². The highest BCUT2D eigenvalue weighted by Gasteiger charge is 2.24. The minimum atomic E-state index is 0.765. The zero-order valence-corrected chi connectivity index (χ0v) is 14.0. The van der Waals surface area contributed by atoms with Crippen molar-refractivity contribution >= 4 is 5.82 Å². The molecule has 126 valence electrons. The Morgan fingerprint density at radius 1 is 1.04 bits per heavy atom. The number of anilines is 1. The van der Waals surface area contributed by atoms with E-state index in [2.05, 4.69) is 29.7 Å². The van der Waals surface area contributed by atoms with Crippen molar-refractivity contribution in [3.05, 3.63) is 41.4 Å². The molecule has 4 heterocycles. The first-order chi connectivity index (χ1) is 11.8. The van der Waals surface area contributed by atoms with Crippen LogP contribution in [0, 0.1) is 6.92 Å². The van der Waals surface area contributed by atoms with Gasteiger partial charge in [-0.05, 0) is 6.92 Å². The van der Waals surface area contributed by atoms with Gasteiger partial charge in [-0.15, -0.1) is 0 Å². The van der Waals surface area contributed by atoms with Gasteiger partial charge >= 0.3 is 0 Å². The Kier molecular flexibility index (Phi) is 4.36. The molecule has 0 atom stereocenters. The van der Waals surface area contributed by atoms with Crippen LogP contribution in [0.2, 0.25) is 0 Å². The fraction of sp³-hybridized carbons (Fsp3) is 0.529. The van der Waals surface area contributed by atoms with Gasteiger partial charge < -0.3 is 9.64 Å². The van der Waals surface area contributed by atoms with Crippen molar-refractivity contribution in [1.29, 1.82) is 0 Å². The van der Waals surface area contributed by atoms with Crippen LogP contribution in [0.5, 0.6) is 0 Å². The lowest BCUT2D eigenvalue weighted by atomic mass is 10.1.